The van der Waals surface area contributed by atoms with Gasteiger partial charge in [0.1, 0.15) is 11.6 Å². The average Bonchev–Trinajstić information content (AvgIpc) is 2.36. The van der Waals surface area contributed by atoms with Crippen molar-refractivity contribution < 1.29 is 9.18 Å². The molecule has 0 N–H and O–H groups in total. The standard InChI is InChI=1S/C17H24FNO/c1-12-8-13(2)15(17(20)9-12)11-19(3)10-14-6-4-5-7-16(14)18/h4-7,12-13,15H,8-11H2,1-3H3. The van der Waals surface area contributed by atoms with Gasteiger partial charge in [-0.3, -0.25) is 4.79 Å². The number of carbonyl (C=O) groups excluding carboxylic acids is 1. The molecule has 0 aliphatic heterocycles. The van der Waals surface area contributed by atoms with Gasteiger partial charge in [0.2, 0.25) is 0 Å². The van der Waals surface area contributed by atoms with Crippen LogP contribution < -0.4 is 0 Å². The Morgan fingerprint density at radius 1 is 1.30 bits per heavy atom. The molecule has 2 nitrogen and oxygen atoms in total. The molecule has 1 aromatic carbocycles. The highest BCUT2D eigenvalue weighted by Gasteiger charge is 2.32. The Hall–Kier alpha value is -1.22. The van der Waals surface area contributed by atoms with E-state index in [0.717, 1.165) is 13.0 Å². The second-order valence-electron chi connectivity index (χ2n) is 6.38. The van der Waals surface area contributed by atoms with Crippen molar-refractivity contribution in [1.29, 1.82) is 0 Å². The van der Waals surface area contributed by atoms with E-state index in [1.807, 2.05) is 13.1 Å². The minimum absolute atomic E-state index is 0.1000. The number of carbonyl (C=O) groups is 1. The lowest BCUT2D eigenvalue weighted by Gasteiger charge is -2.34. The average molecular weight is 277 g/mol. The van der Waals surface area contributed by atoms with E-state index >= 15 is 0 Å². The summed E-state index contributed by atoms with van der Waals surface area (Å²) in [7, 11) is 1.96. The van der Waals surface area contributed by atoms with Crippen molar-refractivity contribution in [2.45, 2.75) is 33.2 Å². The van der Waals surface area contributed by atoms with Crippen LogP contribution >= 0.6 is 0 Å². The van der Waals surface area contributed by atoms with Crippen LogP contribution in [0.25, 0.3) is 0 Å². The molecule has 3 unspecified atom stereocenters. The van der Waals surface area contributed by atoms with E-state index in [1.54, 1.807) is 12.1 Å². The van der Waals surface area contributed by atoms with Gasteiger partial charge in [0.15, 0.2) is 0 Å². The summed E-state index contributed by atoms with van der Waals surface area (Å²) in [6, 6.07) is 6.84. The van der Waals surface area contributed by atoms with Gasteiger partial charge in [-0.05, 0) is 31.4 Å². The molecule has 1 fully saturated rings. The smallest absolute Gasteiger partial charge is 0.137 e. The first kappa shape index (κ1) is 15.2. The van der Waals surface area contributed by atoms with Gasteiger partial charge in [-0.2, -0.15) is 0 Å². The largest absolute Gasteiger partial charge is 0.301 e. The van der Waals surface area contributed by atoms with E-state index in [4.69, 9.17) is 0 Å². The molecular formula is C17H24FNO. The maximum absolute atomic E-state index is 13.6. The fourth-order valence-corrected chi connectivity index (χ4v) is 3.29. The Morgan fingerprint density at radius 3 is 2.65 bits per heavy atom. The first-order valence-corrected chi connectivity index (χ1v) is 7.42. The maximum atomic E-state index is 13.6. The minimum atomic E-state index is -0.170. The van der Waals surface area contributed by atoms with Gasteiger partial charge in [0, 0.05) is 31.0 Å². The molecule has 0 amide bonds. The van der Waals surface area contributed by atoms with Crippen molar-refractivity contribution in [1.82, 2.24) is 4.90 Å². The van der Waals surface area contributed by atoms with Crippen LogP contribution in [-0.4, -0.2) is 24.3 Å². The number of hydrogen-bond acceptors (Lipinski definition) is 2. The number of halogens is 1. The first-order chi connectivity index (χ1) is 9.47. The molecule has 0 heterocycles. The highest BCUT2D eigenvalue weighted by Crippen LogP contribution is 2.31. The van der Waals surface area contributed by atoms with Gasteiger partial charge >= 0.3 is 0 Å². The molecule has 1 aromatic rings. The third kappa shape index (κ3) is 3.66. The molecule has 1 saturated carbocycles. The van der Waals surface area contributed by atoms with Crippen LogP contribution in [0.4, 0.5) is 4.39 Å². The predicted molar refractivity (Wildman–Crippen MR) is 78.8 cm³/mol. The summed E-state index contributed by atoms with van der Waals surface area (Å²) in [6.45, 7) is 5.59. The SMILES string of the molecule is CC1CC(=O)C(CN(C)Cc2ccccc2F)C(C)C1. The number of ketones is 1. The number of benzene rings is 1. The van der Waals surface area contributed by atoms with Crippen molar-refractivity contribution in [2.24, 2.45) is 17.8 Å². The molecule has 3 atom stereocenters. The van der Waals surface area contributed by atoms with E-state index in [-0.39, 0.29) is 11.7 Å². The van der Waals surface area contributed by atoms with Crippen molar-refractivity contribution >= 4 is 5.78 Å². The van der Waals surface area contributed by atoms with Gasteiger partial charge in [0.05, 0.1) is 0 Å². The maximum Gasteiger partial charge on any atom is 0.137 e. The zero-order valence-electron chi connectivity index (χ0n) is 12.6. The molecule has 110 valence electrons. The number of rotatable bonds is 4. The number of nitrogens with zero attached hydrogens (tertiary/aromatic N) is 1. The van der Waals surface area contributed by atoms with E-state index in [2.05, 4.69) is 18.7 Å². The summed E-state index contributed by atoms with van der Waals surface area (Å²) in [5, 5.41) is 0. The topological polar surface area (TPSA) is 20.3 Å². The fraction of sp³-hybridized carbons (Fsp3) is 0.588. The minimum Gasteiger partial charge on any atom is -0.301 e. The summed E-state index contributed by atoms with van der Waals surface area (Å²) >= 11 is 0. The summed E-state index contributed by atoms with van der Waals surface area (Å²) in [4.78, 5) is 14.2. The fourth-order valence-electron chi connectivity index (χ4n) is 3.29. The molecular weight excluding hydrogens is 253 g/mol. The summed E-state index contributed by atoms with van der Waals surface area (Å²) in [6.07, 6.45) is 1.81. The van der Waals surface area contributed by atoms with Gasteiger partial charge in [0.25, 0.3) is 0 Å². The highest BCUT2D eigenvalue weighted by atomic mass is 19.1. The normalized spacial score (nSPS) is 27.1. The Labute approximate surface area is 121 Å². The molecule has 1 aliphatic carbocycles. The van der Waals surface area contributed by atoms with Gasteiger partial charge in [-0.1, -0.05) is 32.0 Å². The summed E-state index contributed by atoms with van der Waals surface area (Å²) in [5.41, 5.74) is 0.694. The third-order valence-electron chi connectivity index (χ3n) is 4.33. The lowest BCUT2D eigenvalue weighted by molar-refractivity contribution is -0.128. The quantitative estimate of drug-likeness (QED) is 0.839. The van der Waals surface area contributed by atoms with Crippen molar-refractivity contribution in [3.8, 4) is 0 Å². The van der Waals surface area contributed by atoms with E-state index in [1.165, 1.54) is 6.07 Å². The first-order valence-electron chi connectivity index (χ1n) is 7.42. The molecule has 1 aliphatic rings. The lowest BCUT2D eigenvalue weighted by Crippen LogP contribution is -2.38. The molecule has 0 saturated heterocycles. The van der Waals surface area contributed by atoms with Gasteiger partial charge in [-0.15, -0.1) is 0 Å². The van der Waals surface area contributed by atoms with Crippen LogP contribution in [-0.2, 0) is 11.3 Å². The molecule has 0 radical (unpaired) electrons. The molecule has 0 spiro atoms. The molecule has 0 aromatic heterocycles. The Balaban J connectivity index is 1.96. The van der Waals surface area contributed by atoms with Crippen molar-refractivity contribution in [3.63, 3.8) is 0 Å². The predicted octanol–water partition coefficient (Wildman–Crippen LogP) is 3.51. The van der Waals surface area contributed by atoms with Crippen LogP contribution in [0.15, 0.2) is 24.3 Å². The van der Waals surface area contributed by atoms with Gasteiger partial charge < -0.3 is 4.90 Å². The van der Waals surface area contributed by atoms with Crippen LogP contribution in [0.2, 0.25) is 0 Å². The molecule has 2 rings (SSSR count). The molecule has 3 heteroatoms. The van der Waals surface area contributed by atoms with Crippen LogP contribution in [0.3, 0.4) is 0 Å². The molecule has 0 bridgehead atoms. The zero-order chi connectivity index (χ0) is 14.7. The number of Topliss-reactive ketones (excluding diaryl/α,β-unsaturated/α-hetero) is 1. The van der Waals surface area contributed by atoms with Crippen molar-refractivity contribution in [3.05, 3.63) is 35.6 Å². The van der Waals surface area contributed by atoms with Crippen LogP contribution in [0.5, 0.6) is 0 Å². The number of hydrogen-bond donors (Lipinski definition) is 0. The second kappa shape index (κ2) is 6.49. The van der Waals surface area contributed by atoms with E-state index in [9.17, 15) is 9.18 Å². The summed E-state index contributed by atoms with van der Waals surface area (Å²) < 4.78 is 13.6. The monoisotopic (exact) mass is 277 g/mol. The van der Waals surface area contributed by atoms with Crippen LogP contribution in [0, 0.1) is 23.6 Å². The molecule has 20 heavy (non-hydrogen) atoms. The lowest BCUT2D eigenvalue weighted by atomic mass is 9.74. The van der Waals surface area contributed by atoms with Gasteiger partial charge in [-0.25, -0.2) is 4.39 Å². The van der Waals surface area contributed by atoms with Crippen molar-refractivity contribution in [2.75, 3.05) is 13.6 Å². The Bertz CT molecular complexity index is 474. The third-order valence-corrected chi connectivity index (χ3v) is 4.33. The highest BCUT2D eigenvalue weighted by molar-refractivity contribution is 5.82. The second-order valence-corrected chi connectivity index (χ2v) is 6.38. The Kier molecular flexibility index (Phi) is 4.92. The van der Waals surface area contributed by atoms with Crippen LogP contribution in [0.1, 0.15) is 32.3 Å². The zero-order valence-corrected chi connectivity index (χ0v) is 12.6. The van der Waals surface area contributed by atoms with E-state index in [0.29, 0.717) is 36.1 Å². The Morgan fingerprint density at radius 2 is 2.00 bits per heavy atom. The summed E-state index contributed by atoms with van der Waals surface area (Å²) in [5.74, 6) is 1.23. The van der Waals surface area contributed by atoms with E-state index < -0.39 is 0 Å².